The number of anilines is 1. The first-order valence-electron chi connectivity index (χ1n) is 15.0. The third-order valence-corrected chi connectivity index (χ3v) is 11.8. The fraction of sp³-hybridized carbons (Fsp3) is 0.455. The summed E-state index contributed by atoms with van der Waals surface area (Å²) in [6.07, 6.45) is 6.37. The Labute approximate surface area is 263 Å². The molecule has 0 radical (unpaired) electrons. The van der Waals surface area contributed by atoms with Gasteiger partial charge in [-0.15, -0.1) is 23.2 Å². The van der Waals surface area contributed by atoms with Crippen molar-refractivity contribution in [3.63, 3.8) is 0 Å². The normalized spacial score (nSPS) is 33.7. The Kier molecular flexibility index (Phi) is 6.86. The maximum atomic E-state index is 14.4. The van der Waals surface area contributed by atoms with Gasteiger partial charge in [-0.3, -0.25) is 24.1 Å². The van der Waals surface area contributed by atoms with Gasteiger partial charge in [-0.05, 0) is 74.1 Å². The van der Waals surface area contributed by atoms with E-state index in [-0.39, 0.29) is 47.7 Å². The van der Waals surface area contributed by atoms with E-state index in [1.807, 2.05) is 6.08 Å². The minimum Gasteiger partial charge on any atom is -0.508 e. The van der Waals surface area contributed by atoms with Crippen LogP contribution in [0, 0.1) is 23.6 Å². The van der Waals surface area contributed by atoms with Gasteiger partial charge in [-0.2, -0.15) is 0 Å². The molecule has 0 bridgehead atoms. The zero-order valence-corrected chi connectivity index (χ0v) is 25.5. The molecule has 7 rings (SSSR count). The van der Waals surface area contributed by atoms with Gasteiger partial charge in [0.15, 0.2) is 9.75 Å². The molecular formula is C33H31Cl2FN2O6. The van der Waals surface area contributed by atoms with Gasteiger partial charge in [0.2, 0.25) is 11.8 Å². The quantitative estimate of drug-likeness (QED) is 0.271. The number of phenolic OH excluding ortho intramolecular Hbond substituents is 1. The van der Waals surface area contributed by atoms with Crippen LogP contribution in [0.15, 0.2) is 54.1 Å². The van der Waals surface area contributed by atoms with Gasteiger partial charge < -0.3 is 9.84 Å². The van der Waals surface area contributed by atoms with Gasteiger partial charge in [0.05, 0.1) is 24.6 Å². The number of phenols is 1. The Bertz CT molecular complexity index is 1620. The van der Waals surface area contributed by atoms with Crippen LogP contribution >= 0.6 is 23.2 Å². The lowest BCUT2D eigenvalue weighted by molar-refractivity contribution is -0.143. The van der Waals surface area contributed by atoms with Crippen LogP contribution in [0.25, 0.3) is 0 Å². The first-order chi connectivity index (χ1) is 21.0. The van der Waals surface area contributed by atoms with Gasteiger partial charge >= 0.3 is 0 Å². The predicted octanol–water partition coefficient (Wildman–Crippen LogP) is 5.44. The predicted molar refractivity (Wildman–Crippen MR) is 160 cm³/mol. The minimum absolute atomic E-state index is 0.0925. The highest BCUT2D eigenvalue weighted by molar-refractivity contribution is 6.58. The van der Waals surface area contributed by atoms with Crippen LogP contribution in [0.4, 0.5) is 10.1 Å². The minimum atomic E-state index is -2.13. The number of nitrogens with zero attached hydrogens (tertiary/aromatic N) is 2. The molecule has 2 aromatic rings. The van der Waals surface area contributed by atoms with Crippen LogP contribution in [0.1, 0.15) is 56.4 Å². The molecule has 0 spiro atoms. The number of halogens is 3. The number of likely N-dealkylation sites (tertiary alicyclic amines) is 1. The number of imide groups is 2. The second kappa shape index (κ2) is 10.3. The van der Waals surface area contributed by atoms with E-state index in [1.165, 1.54) is 30.2 Å². The van der Waals surface area contributed by atoms with Crippen molar-refractivity contribution in [3.05, 3.63) is 65.5 Å². The Balaban J connectivity index is 1.40. The average molecular weight is 642 g/mol. The van der Waals surface area contributed by atoms with Gasteiger partial charge in [-0.1, -0.05) is 30.9 Å². The van der Waals surface area contributed by atoms with Crippen LogP contribution < -0.4 is 9.64 Å². The summed E-state index contributed by atoms with van der Waals surface area (Å²) in [7, 11) is 1.45. The van der Waals surface area contributed by atoms with Crippen molar-refractivity contribution in [2.75, 3.05) is 12.0 Å². The Morgan fingerprint density at radius 1 is 0.932 bits per heavy atom. The van der Waals surface area contributed by atoms with Crippen LogP contribution in [0.5, 0.6) is 11.5 Å². The van der Waals surface area contributed by atoms with E-state index in [1.54, 1.807) is 12.1 Å². The topological polar surface area (TPSA) is 104 Å². The molecule has 2 saturated heterocycles. The standard InChI is InChI=1S/C33H31Cl2FN2O6/c1-44-20-11-14-25(39)23(15-20)27-21-12-13-22-26(29(41)37(28(22)40)18-5-3-2-4-6-18)24(21)16-32(34)30(42)38(31(43)33(27,32)35)19-9-7-17(36)8-10-19/h7-12,14-15,18,22,24,26-27,39H,2-6,13,16H2,1H3. The largest absolute Gasteiger partial charge is 0.508 e. The summed E-state index contributed by atoms with van der Waals surface area (Å²) < 4.78 is 19.3. The maximum absolute atomic E-state index is 14.4. The molecule has 230 valence electrons. The molecule has 8 nitrogen and oxygen atoms in total. The molecular weight excluding hydrogens is 610 g/mol. The molecule has 6 unspecified atom stereocenters. The number of ether oxygens (including phenoxy) is 1. The first kappa shape index (κ1) is 29.3. The summed E-state index contributed by atoms with van der Waals surface area (Å²) in [6, 6.07) is 9.18. The van der Waals surface area contributed by atoms with Crippen molar-refractivity contribution in [1.82, 2.24) is 4.90 Å². The van der Waals surface area contributed by atoms with Crippen LogP contribution in [0.2, 0.25) is 0 Å². The third-order valence-electron chi connectivity index (χ3n) is 10.4. The monoisotopic (exact) mass is 640 g/mol. The number of carbonyl (C=O) groups excluding carboxylic acids is 4. The lowest BCUT2D eigenvalue weighted by Gasteiger charge is -2.50. The number of aromatic hydroxyl groups is 1. The number of carbonyl (C=O) groups is 4. The molecule has 2 saturated carbocycles. The van der Waals surface area contributed by atoms with E-state index in [0.29, 0.717) is 11.3 Å². The SMILES string of the molecule is COc1ccc(O)c(C2C3=CCC4C(=O)N(C5CCCCC5)C(=O)C4C3CC3(Cl)C(=O)N(c4ccc(F)cc4)C(=O)C23Cl)c1. The molecule has 0 aromatic heterocycles. The summed E-state index contributed by atoms with van der Waals surface area (Å²) in [5.41, 5.74) is 0.881. The number of methoxy groups -OCH3 is 1. The molecule has 1 N–H and O–H groups in total. The number of rotatable bonds is 4. The van der Waals surface area contributed by atoms with Crippen molar-refractivity contribution in [1.29, 1.82) is 0 Å². The van der Waals surface area contributed by atoms with E-state index >= 15 is 0 Å². The van der Waals surface area contributed by atoms with E-state index < -0.39 is 51.1 Å². The molecule has 5 aliphatic rings. The smallest absolute Gasteiger partial charge is 0.258 e. The second-order valence-electron chi connectivity index (χ2n) is 12.5. The van der Waals surface area contributed by atoms with Crippen molar-refractivity contribution in [3.8, 4) is 11.5 Å². The van der Waals surface area contributed by atoms with E-state index in [2.05, 4.69) is 0 Å². The van der Waals surface area contributed by atoms with E-state index in [9.17, 15) is 28.7 Å². The van der Waals surface area contributed by atoms with E-state index in [4.69, 9.17) is 27.9 Å². The van der Waals surface area contributed by atoms with Crippen LogP contribution in [0.3, 0.4) is 0 Å². The second-order valence-corrected chi connectivity index (χ2v) is 13.8. The van der Waals surface area contributed by atoms with Crippen LogP contribution in [-0.4, -0.2) is 56.5 Å². The summed E-state index contributed by atoms with van der Waals surface area (Å²) in [5, 5.41) is 11.2. The molecule has 11 heteroatoms. The number of hydrogen-bond donors (Lipinski definition) is 1. The van der Waals surface area contributed by atoms with Gasteiger partial charge in [-0.25, -0.2) is 9.29 Å². The number of allylic oxidation sites excluding steroid dienone is 2. The Morgan fingerprint density at radius 2 is 1.64 bits per heavy atom. The molecule has 6 atom stereocenters. The molecule has 3 aliphatic carbocycles. The number of amides is 4. The molecule has 4 fully saturated rings. The van der Waals surface area contributed by atoms with E-state index in [0.717, 1.165) is 49.1 Å². The molecule has 2 heterocycles. The van der Waals surface area contributed by atoms with Crippen LogP contribution in [-0.2, 0) is 19.2 Å². The van der Waals surface area contributed by atoms with Crippen molar-refractivity contribution >= 4 is 52.5 Å². The summed E-state index contributed by atoms with van der Waals surface area (Å²) in [6.45, 7) is 0. The van der Waals surface area contributed by atoms with Gasteiger partial charge in [0, 0.05) is 17.5 Å². The Hall–Kier alpha value is -3.43. The molecule has 4 amide bonds. The number of alkyl halides is 2. The van der Waals surface area contributed by atoms with Gasteiger partial charge in [0.25, 0.3) is 11.8 Å². The zero-order valence-electron chi connectivity index (χ0n) is 24.0. The zero-order chi connectivity index (χ0) is 31.1. The summed E-state index contributed by atoms with van der Waals surface area (Å²) >= 11 is 14.7. The lowest BCUT2D eigenvalue weighted by Crippen LogP contribution is -2.60. The average Bonchev–Trinajstić information content (AvgIpc) is 3.36. The maximum Gasteiger partial charge on any atom is 0.258 e. The number of hydrogen-bond acceptors (Lipinski definition) is 6. The Morgan fingerprint density at radius 3 is 2.32 bits per heavy atom. The molecule has 2 aromatic carbocycles. The lowest BCUT2D eigenvalue weighted by atomic mass is 9.56. The first-order valence-corrected chi connectivity index (χ1v) is 15.7. The number of fused-ring (bicyclic) bond motifs is 4. The summed E-state index contributed by atoms with van der Waals surface area (Å²) in [5.74, 6) is -5.78. The summed E-state index contributed by atoms with van der Waals surface area (Å²) in [4.78, 5) is 54.8. The highest BCUT2D eigenvalue weighted by Crippen LogP contribution is 2.66. The van der Waals surface area contributed by atoms with Gasteiger partial charge in [0.1, 0.15) is 17.3 Å². The molecule has 44 heavy (non-hydrogen) atoms. The highest BCUT2D eigenvalue weighted by Gasteiger charge is 2.77. The number of benzene rings is 2. The highest BCUT2D eigenvalue weighted by atomic mass is 35.5. The third kappa shape index (κ3) is 3.87. The van der Waals surface area contributed by atoms with Crippen molar-refractivity contribution in [2.45, 2.75) is 66.7 Å². The fourth-order valence-electron chi connectivity index (χ4n) is 8.36. The van der Waals surface area contributed by atoms with Crippen molar-refractivity contribution < 1.29 is 33.4 Å². The molecule has 2 aliphatic heterocycles. The fourth-order valence-corrected chi connectivity index (χ4v) is 9.29. The van der Waals surface area contributed by atoms with Crippen molar-refractivity contribution in [2.24, 2.45) is 17.8 Å².